The molecule has 9 heteroatoms. The van der Waals surface area contributed by atoms with E-state index < -0.39 is 35.3 Å². The van der Waals surface area contributed by atoms with E-state index in [0.717, 1.165) is 11.3 Å². The molecule has 0 saturated heterocycles. The highest BCUT2D eigenvalue weighted by Crippen LogP contribution is 2.42. The second kappa shape index (κ2) is 8.52. The third-order valence-electron chi connectivity index (χ3n) is 4.73. The van der Waals surface area contributed by atoms with Crippen LogP contribution in [-0.2, 0) is 0 Å². The van der Waals surface area contributed by atoms with Crippen molar-refractivity contribution in [2.24, 2.45) is 0 Å². The van der Waals surface area contributed by atoms with Gasteiger partial charge in [-0.3, -0.25) is 9.59 Å². The maximum Gasteiger partial charge on any atom is 0.419 e. The Kier molecular flexibility index (Phi) is 6.19. The summed E-state index contributed by atoms with van der Waals surface area (Å²) in [5.74, 6) is -1.82. The van der Waals surface area contributed by atoms with E-state index in [9.17, 15) is 33.0 Å². The molecule has 1 aromatic heterocycles. The molecule has 0 spiro atoms. The van der Waals surface area contributed by atoms with Crippen molar-refractivity contribution in [3.8, 4) is 5.75 Å². The van der Waals surface area contributed by atoms with Gasteiger partial charge in [0.1, 0.15) is 11.8 Å². The van der Waals surface area contributed by atoms with Gasteiger partial charge < -0.3 is 15.5 Å². The largest absolute Gasteiger partial charge is 0.507 e. The van der Waals surface area contributed by atoms with Crippen LogP contribution in [0.25, 0.3) is 0 Å². The molecule has 3 N–H and O–H groups in total. The van der Waals surface area contributed by atoms with Crippen LogP contribution in [-0.4, -0.2) is 33.7 Å². The Morgan fingerprint density at radius 2 is 1.58 bits per heavy atom. The van der Waals surface area contributed by atoms with Gasteiger partial charge in [-0.05, 0) is 31.2 Å². The number of aliphatic hydroxyl groups is 1. The van der Waals surface area contributed by atoms with Crippen molar-refractivity contribution in [3.05, 3.63) is 87.6 Å². The fraction of sp³-hybridized carbons (Fsp3) is 0.182. The van der Waals surface area contributed by atoms with Crippen molar-refractivity contribution in [1.82, 2.24) is 5.32 Å². The number of aromatic hydroxyl groups is 1. The molecule has 3 aromatic rings. The molecular weight excluding hydrogens is 431 g/mol. The minimum atomic E-state index is -5.09. The summed E-state index contributed by atoms with van der Waals surface area (Å²) in [5.41, 5.74) is -3.23. The standard InChI is InChI=1S/C22H18F3NO4S/c1-21(30,22(23,24)25)19(26-20(29)14-9-5-6-10-15(14)27)17-12-11-16(31-17)18(28)13-7-3-2-4-8-13/h2-12,19,27,30H,1H3,(H,26,29). The molecule has 5 nitrogen and oxygen atoms in total. The molecule has 1 amide bonds. The number of hydrogen-bond donors (Lipinski definition) is 3. The van der Waals surface area contributed by atoms with E-state index in [1.54, 1.807) is 30.3 Å². The summed E-state index contributed by atoms with van der Waals surface area (Å²) < 4.78 is 40.9. The number of amides is 1. The first kappa shape index (κ1) is 22.5. The van der Waals surface area contributed by atoms with Gasteiger partial charge >= 0.3 is 6.18 Å². The molecule has 0 bridgehead atoms. The van der Waals surface area contributed by atoms with Gasteiger partial charge in [0.25, 0.3) is 5.91 Å². The molecule has 2 atom stereocenters. The minimum absolute atomic E-state index is 0.0645. The quantitative estimate of drug-likeness (QED) is 0.485. The number of halogens is 3. The normalized spacial score (nSPS) is 14.5. The Balaban J connectivity index is 1.98. The molecule has 2 aromatic carbocycles. The van der Waals surface area contributed by atoms with Crippen LogP contribution in [0.3, 0.4) is 0 Å². The van der Waals surface area contributed by atoms with Gasteiger partial charge in [0.05, 0.1) is 10.4 Å². The molecule has 0 aliphatic carbocycles. The summed E-state index contributed by atoms with van der Waals surface area (Å²) >= 11 is 0.742. The summed E-state index contributed by atoms with van der Waals surface area (Å²) in [5, 5.41) is 22.3. The Hall–Kier alpha value is -3.17. The first-order valence-electron chi connectivity index (χ1n) is 9.10. The predicted octanol–water partition coefficient (Wildman–Crippen LogP) is 4.47. The zero-order valence-corrected chi connectivity index (χ0v) is 17.0. The molecule has 162 valence electrons. The maximum atomic E-state index is 13.6. The lowest BCUT2D eigenvalue weighted by Crippen LogP contribution is -2.53. The van der Waals surface area contributed by atoms with Crippen LogP contribution < -0.4 is 5.32 Å². The maximum absolute atomic E-state index is 13.6. The van der Waals surface area contributed by atoms with Crippen LogP contribution in [0, 0.1) is 0 Å². The fourth-order valence-corrected chi connectivity index (χ4v) is 4.03. The number of alkyl halides is 3. The van der Waals surface area contributed by atoms with Crippen LogP contribution in [0.5, 0.6) is 5.75 Å². The number of carbonyl (C=O) groups excluding carboxylic acids is 2. The van der Waals surface area contributed by atoms with Gasteiger partial charge in [-0.25, -0.2) is 0 Å². The molecule has 0 fully saturated rings. The van der Waals surface area contributed by atoms with Gasteiger partial charge in [0.2, 0.25) is 5.78 Å². The molecule has 0 radical (unpaired) electrons. The number of para-hydroxylation sites is 1. The van der Waals surface area contributed by atoms with Crippen molar-refractivity contribution < 1.29 is 33.0 Å². The van der Waals surface area contributed by atoms with Crippen LogP contribution in [0.2, 0.25) is 0 Å². The van der Waals surface area contributed by atoms with Crippen molar-refractivity contribution in [2.75, 3.05) is 0 Å². The number of ketones is 1. The Bertz CT molecular complexity index is 1090. The number of carbonyl (C=O) groups is 2. The van der Waals surface area contributed by atoms with Crippen molar-refractivity contribution in [2.45, 2.75) is 24.7 Å². The summed E-state index contributed by atoms with van der Waals surface area (Å²) in [6.45, 7) is 0.543. The van der Waals surface area contributed by atoms with E-state index >= 15 is 0 Å². The van der Waals surface area contributed by atoms with Crippen LogP contribution >= 0.6 is 11.3 Å². The number of rotatable bonds is 6. The van der Waals surface area contributed by atoms with Crippen molar-refractivity contribution >= 4 is 23.0 Å². The molecule has 3 rings (SSSR count). The summed E-state index contributed by atoms with van der Waals surface area (Å²) in [6, 6.07) is 14.2. The number of nitrogens with one attached hydrogen (secondary N) is 1. The third kappa shape index (κ3) is 4.62. The zero-order chi connectivity index (χ0) is 22.8. The second-order valence-corrected chi connectivity index (χ2v) is 8.08. The first-order valence-corrected chi connectivity index (χ1v) is 9.91. The SMILES string of the molecule is CC(O)(C(NC(=O)c1ccccc1O)c1ccc(C(=O)c2ccccc2)s1)C(F)(F)F. The minimum Gasteiger partial charge on any atom is -0.507 e. The van der Waals surface area contributed by atoms with Gasteiger partial charge in [0.15, 0.2) is 5.60 Å². The fourth-order valence-electron chi connectivity index (χ4n) is 2.89. The summed E-state index contributed by atoms with van der Waals surface area (Å²) in [4.78, 5) is 25.3. The highest BCUT2D eigenvalue weighted by atomic mass is 32.1. The van der Waals surface area contributed by atoms with E-state index in [0.29, 0.717) is 12.5 Å². The third-order valence-corrected chi connectivity index (χ3v) is 5.88. The number of hydrogen-bond acceptors (Lipinski definition) is 5. The smallest absolute Gasteiger partial charge is 0.419 e. The van der Waals surface area contributed by atoms with Gasteiger partial charge in [0, 0.05) is 10.4 Å². The average molecular weight is 449 g/mol. The molecule has 31 heavy (non-hydrogen) atoms. The summed E-state index contributed by atoms with van der Waals surface area (Å²) in [7, 11) is 0. The lowest BCUT2D eigenvalue weighted by Gasteiger charge is -2.34. The number of thiophene rings is 1. The van der Waals surface area contributed by atoms with Gasteiger partial charge in [-0.2, -0.15) is 13.2 Å². The van der Waals surface area contributed by atoms with E-state index in [4.69, 9.17) is 0 Å². The Morgan fingerprint density at radius 1 is 0.968 bits per heavy atom. The van der Waals surface area contributed by atoms with Gasteiger partial charge in [-0.1, -0.05) is 42.5 Å². The Labute approximate surface area is 179 Å². The number of benzene rings is 2. The van der Waals surface area contributed by atoms with Crippen LogP contribution in [0.4, 0.5) is 13.2 Å². The van der Waals surface area contributed by atoms with Gasteiger partial charge in [-0.15, -0.1) is 11.3 Å². The van der Waals surface area contributed by atoms with Crippen molar-refractivity contribution in [3.63, 3.8) is 0 Å². The topological polar surface area (TPSA) is 86.6 Å². The molecule has 1 heterocycles. The lowest BCUT2D eigenvalue weighted by atomic mass is 9.93. The highest BCUT2D eigenvalue weighted by molar-refractivity contribution is 7.14. The molecular formula is C22H18F3NO4S. The molecule has 0 aliphatic heterocycles. The molecule has 0 aliphatic rings. The number of phenolic OH excluding ortho intramolecular Hbond substituents is 1. The molecule has 2 unspecified atom stereocenters. The van der Waals surface area contributed by atoms with E-state index in [1.807, 2.05) is 0 Å². The van der Waals surface area contributed by atoms with Crippen LogP contribution in [0.15, 0.2) is 66.7 Å². The highest BCUT2D eigenvalue weighted by Gasteiger charge is 2.56. The zero-order valence-electron chi connectivity index (χ0n) is 16.2. The second-order valence-electron chi connectivity index (χ2n) is 6.97. The predicted molar refractivity (Wildman–Crippen MR) is 109 cm³/mol. The summed E-state index contributed by atoms with van der Waals surface area (Å²) in [6.07, 6.45) is -5.09. The molecule has 0 saturated carbocycles. The number of phenols is 1. The monoisotopic (exact) mass is 449 g/mol. The van der Waals surface area contributed by atoms with E-state index in [-0.39, 0.29) is 15.3 Å². The van der Waals surface area contributed by atoms with Crippen LogP contribution in [0.1, 0.15) is 43.4 Å². The first-order chi connectivity index (χ1) is 14.5. The average Bonchev–Trinajstić information content (AvgIpc) is 3.21. The lowest BCUT2D eigenvalue weighted by molar-refractivity contribution is -0.263. The van der Waals surface area contributed by atoms with E-state index in [1.165, 1.54) is 36.4 Å². The Morgan fingerprint density at radius 3 is 2.19 bits per heavy atom. The van der Waals surface area contributed by atoms with Crippen molar-refractivity contribution in [1.29, 1.82) is 0 Å². The van der Waals surface area contributed by atoms with E-state index in [2.05, 4.69) is 5.32 Å².